The zero-order valence-corrected chi connectivity index (χ0v) is 15.0. The first-order chi connectivity index (χ1) is 12.2. The van der Waals surface area contributed by atoms with E-state index in [2.05, 4.69) is 32.1 Å². The molecule has 0 bridgehead atoms. The summed E-state index contributed by atoms with van der Waals surface area (Å²) in [6, 6.07) is 7.82. The zero-order valence-electron chi connectivity index (χ0n) is 15.0. The highest BCUT2D eigenvalue weighted by atomic mass is 16.5. The Labute approximate surface area is 148 Å². The number of hydrogen-bond acceptors (Lipinski definition) is 7. The molecule has 1 N–H and O–H groups in total. The fourth-order valence-electron chi connectivity index (χ4n) is 2.82. The van der Waals surface area contributed by atoms with Crippen molar-refractivity contribution in [1.29, 1.82) is 0 Å². The Morgan fingerprint density at radius 2 is 1.80 bits per heavy atom. The van der Waals surface area contributed by atoms with Crippen molar-refractivity contribution in [2.45, 2.75) is 6.54 Å². The summed E-state index contributed by atoms with van der Waals surface area (Å²) < 4.78 is 10.6. The van der Waals surface area contributed by atoms with E-state index in [4.69, 9.17) is 9.47 Å². The lowest BCUT2D eigenvalue weighted by Gasteiger charge is -2.33. The summed E-state index contributed by atoms with van der Waals surface area (Å²) in [7, 11) is 5.42. The minimum absolute atomic E-state index is 0.618. The summed E-state index contributed by atoms with van der Waals surface area (Å²) in [4.78, 5) is 13.6. The smallest absolute Gasteiger partial charge is 0.224 e. The minimum atomic E-state index is 0.618. The molecule has 2 aromatic rings. The standard InChI is InChI=1S/C18H25N5O2/c1-22-8-10-23(11-9-22)17-6-7-19-18(21-17)20-13-14-4-5-15(24-2)16(12-14)25-3/h4-7,12H,8-11,13H2,1-3H3,(H,19,20,21). The van der Waals surface area contributed by atoms with Gasteiger partial charge >= 0.3 is 0 Å². The van der Waals surface area contributed by atoms with E-state index in [1.54, 1.807) is 20.4 Å². The van der Waals surface area contributed by atoms with E-state index in [0.29, 0.717) is 18.2 Å². The van der Waals surface area contributed by atoms with Gasteiger partial charge in [0.15, 0.2) is 11.5 Å². The Bertz CT molecular complexity index is 702. The molecule has 134 valence electrons. The maximum Gasteiger partial charge on any atom is 0.224 e. The third kappa shape index (κ3) is 4.30. The molecule has 1 aliphatic heterocycles. The van der Waals surface area contributed by atoms with Crippen molar-refractivity contribution in [1.82, 2.24) is 14.9 Å². The van der Waals surface area contributed by atoms with Crippen LogP contribution in [0, 0.1) is 0 Å². The van der Waals surface area contributed by atoms with Crippen molar-refractivity contribution in [3.8, 4) is 11.5 Å². The molecular weight excluding hydrogens is 318 g/mol. The van der Waals surface area contributed by atoms with E-state index in [1.807, 2.05) is 24.3 Å². The average Bonchev–Trinajstić information content (AvgIpc) is 2.67. The Morgan fingerprint density at radius 3 is 2.52 bits per heavy atom. The largest absolute Gasteiger partial charge is 0.493 e. The average molecular weight is 343 g/mol. The lowest BCUT2D eigenvalue weighted by atomic mass is 10.2. The molecule has 0 atom stereocenters. The molecule has 0 unspecified atom stereocenters. The van der Waals surface area contributed by atoms with Crippen molar-refractivity contribution >= 4 is 11.8 Å². The molecule has 3 rings (SSSR count). The number of methoxy groups -OCH3 is 2. The van der Waals surface area contributed by atoms with E-state index in [0.717, 1.165) is 43.3 Å². The molecule has 7 nitrogen and oxygen atoms in total. The Balaban J connectivity index is 1.64. The third-order valence-corrected chi connectivity index (χ3v) is 4.37. The second-order valence-electron chi connectivity index (χ2n) is 6.07. The van der Waals surface area contributed by atoms with Gasteiger partial charge < -0.3 is 24.6 Å². The van der Waals surface area contributed by atoms with Gasteiger partial charge in [0.25, 0.3) is 0 Å². The molecule has 0 radical (unpaired) electrons. The van der Waals surface area contributed by atoms with Gasteiger partial charge in [-0.3, -0.25) is 0 Å². The molecule has 0 saturated carbocycles. The number of piperazine rings is 1. The van der Waals surface area contributed by atoms with Gasteiger partial charge in [0.2, 0.25) is 5.95 Å². The fraction of sp³-hybridized carbons (Fsp3) is 0.444. The van der Waals surface area contributed by atoms with Crippen LogP contribution in [0.15, 0.2) is 30.5 Å². The third-order valence-electron chi connectivity index (χ3n) is 4.37. The summed E-state index contributed by atoms with van der Waals surface area (Å²) in [6.07, 6.45) is 1.80. The van der Waals surface area contributed by atoms with Gasteiger partial charge in [-0.25, -0.2) is 4.98 Å². The maximum atomic E-state index is 5.34. The van der Waals surface area contributed by atoms with Gasteiger partial charge in [-0.15, -0.1) is 0 Å². The first-order valence-corrected chi connectivity index (χ1v) is 8.41. The maximum absolute atomic E-state index is 5.34. The van der Waals surface area contributed by atoms with Crippen LogP contribution in [0.3, 0.4) is 0 Å². The SMILES string of the molecule is COc1ccc(CNc2nccc(N3CCN(C)CC3)n2)cc1OC. The molecular formula is C18H25N5O2. The number of nitrogens with one attached hydrogen (secondary N) is 1. The summed E-state index contributed by atoms with van der Waals surface area (Å²) >= 11 is 0. The van der Waals surface area contributed by atoms with Crippen LogP contribution in [0.2, 0.25) is 0 Å². The lowest BCUT2D eigenvalue weighted by Crippen LogP contribution is -2.44. The predicted octanol–water partition coefficient (Wildman–Crippen LogP) is 1.86. The van der Waals surface area contributed by atoms with E-state index < -0.39 is 0 Å². The number of rotatable bonds is 6. The molecule has 1 aliphatic rings. The van der Waals surface area contributed by atoms with Crippen LogP contribution in [-0.2, 0) is 6.54 Å². The van der Waals surface area contributed by atoms with Gasteiger partial charge in [-0.05, 0) is 30.8 Å². The predicted molar refractivity (Wildman–Crippen MR) is 98.6 cm³/mol. The van der Waals surface area contributed by atoms with Gasteiger partial charge in [-0.1, -0.05) is 6.07 Å². The molecule has 1 aromatic heterocycles. The number of benzene rings is 1. The van der Waals surface area contributed by atoms with Crippen LogP contribution >= 0.6 is 0 Å². The quantitative estimate of drug-likeness (QED) is 0.859. The summed E-state index contributed by atoms with van der Waals surface area (Å²) in [5.74, 6) is 3.04. The monoisotopic (exact) mass is 343 g/mol. The topological polar surface area (TPSA) is 62.8 Å². The van der Waals surface area contributed by atoms with E-state index >= 15 is 0 Å². The Kier molecular flexibility index (Phi) is 5.55. The Hall–Kier alpha value is -2.54. The van der Waals surface area contributed by atoms with Crippen LogP contribution in [0.1, 0.15) is 5.56 Å². The lowest BCUT2D eigenvalue weighted by molar-refractivity contribution is 0.312. The van der Waals surface area contributed by atoms with Crippen molar-refractivity contribution in [3.05, 3.63) is 36.0 Å². The van der Waals surface area contributed by atoms with E-state index in [-0.39, 0.29) is 0 Å². The van der Waals surface area contributed by atoms with Crippen LogP contribution < -0.4 is 19.7 Å². The number of ether oxygens (including phenoxy) is 2. The molecule has 1 fully saturated rings. The highest BCUT2D eigenvalue weighted by Gasteiger charge is 2.15. The number of anilines is 2. The first-order valence-electron chi connectivity index (χ1n) is 8.41. The Morgan fingerprint density at radius 1 is 1.04 bits per heavy atom. The number of aromatic nitrogens is 2. The summed E-state index contributed by atoms with van der Waals surface area (Å²) in [5.41, 5.74) is 1.08. The molecule has 0 amide bonds. The molecule has 1 aromatic carbocycles. The van der Waals surface area contributed by atoms with Crippen LogP contribution in [0.25, 0.3) is 0 Å². The highest BCUT2D eigenvalue weighted by molar-refractivity contribution is 5.45. The fourth-order valence-corrected chi connectivity index (χ4v) is 2.82. The van der Waals surface area contributed by atoms with Gasteiger partial charge in [0.1, 0.15) is 5.82 Å². The molecule has 1 saturated heterocycles. The number of nitrogens with zero attached hydrogens (tertiary/aromatic N) is 4. The van der Waals surface area contributed by atoms with Crippen LogP contribution in [-0.4, -0.2) is 62.3 Å². The van der Waals surface area contributed by atoms with Crippen molar-refractivity contribution in [2.24, 2.45) is 0 Å². The molecule has 7 heteroatoms. The number of likely N-dealkylation sites (N-methyl/N-ethyl adjacent to an activating group) is 1. The molecule has 0 aliphatic carbocycles. The van der Waals surface area contributed by atoms with Crippen LogP contribution in [0.5, 0.6) is 11.5 Å². The van der Waals surface area contributed by atoms with E-state index in [1.165, 1.54) is 0 Å². The highest BCUT2D eigenvalue weighted by Crippen LogP contribution is 2.27. The second kappa shape index (κ2) is 8.02. The summed E-state index contributed by atoms with van der Waals surface area (Å²) in [5, 5.41) is 3.28. The van der Waals surface area contributed by atoms with Gasteiger partial charge in [-0.2, -0.15) is 4.98 Å². The van der Waals surface area contributed by atoms with Crippen molar-refractivity contribution < 1.29 is 9.47 Å². The zero-order chi connectivity index (χ0) is 17.6. The van der Waals surface area contributed by atoms with Gasteiger partial charge in [0, 0.05) is 38.9 Å². The van der Waals surface area contributed by atoms with Crippen LogP contribution in [0.4, 0.5) is 11.8 Å². The number of hydrogen-bond donors (Lipinski definition) is 1. The first kappa shape index (κ1) is 17.3. The molecule has 2 heterocycles. The minimum Gasteiger partial charge on any atom is -0.493 e. The second-order valence-corrected chi connectivity index (χ2v) is 6.07. The molecule has 25 heavy (non-hydrogen) atoms. The van der Waals surface area contributed by atoms with Gasteiger partial charge in [0.05, 0.1) is 14.2 Å². The van der Waals surface area contributed by atoms with Crippen molar-refractivity contribution in [2.75, 3.05) is 57.7 Å². The molecule has 0 spiro atoms. The summed E-state index contributed by atoms with van der Waals surface area (Å²) in [6.45, 7) is 4.70. The van der Waals surface area contributed by atoms with E-state index in [9.17, 15) is 0 Å². The normalized spacial score (nSPS) is 15.1. The van der Waals surface area contributed by atoms with Crippen molar-refractivity contribution in [3.63, 3.8) is 0 Å².